The van der Waals surface area contributed by atoms with Crippen molar-refractivity contribution in [3.63, 3.8) is 0 Å². The highest BCUT2D eigenvalue weighted by molar-refractivity contribution is 5.84. The smallest absolute Gasteiger partial charge is 0.0687 e. The third-order valence-corrected chi connectivity index (χ3v) is 3.49. The number of aliphatic hydroxyl groups is 1. The van der Waals surface area contributed by atoms with Crippen molar-refractivity contribution >= 4 is 0 Å². The maximum Gasteiger partial charge on any atom is 0.0687 e. The monoisotopic (exact) mass is 260 g/mol. The Kier molecular flexibility index (Phi) is 3.62. The molecule has 3 aromatic rings. The van der Waals surface area contributed by atoms with E-state index in [-0.39, 0.29) is 6.61 Å². The molecule has 0 spiro atoms. The fourth-order valence-electron chi connectivity index (χ4n) is 2.51. The summed E-state index contributed by atoms with van der Waals surface area (Å²) in [5.41, 5.74) is 5.58. The highest BCUT2D eigenvalue weighted by Gasteiger charge is 2.09. The van der Waals surface area contributed by atoms with Crippen LogP contribution in [0.4, 0.5) is 0 Å². The van der Waals surface area contributed by atoms with Crippen LogP contribution in [0, 0.1) is 0 Å². The molecule has 0 unspecified atom stereocenters. The van der Waals surface area contributed by atoms with Crippen molar-refractivity contribution in [1.82, 2.24) is 0 Å². The van der Waals surface area contributed by atoms with Crippen molar-refractivity contribution < 1.29 is 5.11 Å². The van der Waals surface area contributed by atoms with Crippen LogP contribution in [-0.2, 0) is 6.61 Å². The fraction of sp³-hybridized carbons (Fsp3) is 0.0526. The number of benzene rings is 3. The molecule has 3 aromatic carbocycles. The molecule has 1 N–H and O–H groups in total. The average Bonchev–Trinajstić information content (AvgIpc) is 2.55. The van der Waals surface area contributed by atoms with Gasteiger partial charge in [-0.1, -0.05) is 78.9 Å². The van der Waals surface area contributed by atoms with Crippen molar-refractivity contribution in [3.8, 4) is 22.3 Å². The van der Waals surface area contributed by atoms with Gasteiger partial charge in [-0.3, -0.25) is 0 Å². The molecule has 0 radical (unpaired) electrons. The van der Waals surface area contributed by atoms with Gasteiger partial charge in [0, 0.05) is 0 Å². The van der Waals surface area contributed by atoms with Crippen molar-refractivity contribution in [2.24, 2.45) is 0 Å². The van der Waals surface area contributed by atoms with Gasteiger partial charge in [-0.2, -0.15) is 0 Å². The van der Waals surface area contributed by atoms with E-state index in [4.69, 9.17) is 0 Å². The summed E-state index contributed by atoms with van der Waals surface area (Å²) in [4.78, 5) is 0. The first-order valence-corrected chi connectivity index (χ1v) is 6.74. The van der Waals surface area contributed by atoms with Crippen LogP contribution < -0.4 is 0 Å². The van der Waals surface area contributed by atoms with E-state index in [1.165, 1.54) is 11.1 Å². The van der Waals surface area contributed by atoms with Gasteiger partial charge in [0.05, 0.1) is 6.61 Å². The Hall–Kier alpha value is -2.38. The van der Waals surface area contributed by atoms with E-state index >= 15 is 0 Å². The Morgan fingerprint density at radius 1 is 0.550 bits per heavy atom. The van der Waals surface area contributed by atoms with Crippen LogP contribution in [0.15, 0.2) is 78.9 Å². The third kappa shape index (κ3) is 2.36. The standard InChI is InChI=1S/C19H16O/c20-14-16-10-4-5-12-18(16)19-13-7-6-11-17(19)15-8-2-1-3-9-15/h1-13,20H,14H2. The van der Waals surface area contributed by atoms with E-state index < -0.39 is 0 Å². The van der Waals surface area contributed by atoms with Crippen molar-refractivity contribution in [1.29, 1.82) is 0 Å². The van der Waals surface area contributed by atoms with E-state index in [1.54, 1.807) is 0 Å². The summed E-state index contributed by atoms with van der Waals surface area (Å²) in [6.07, 6.45) is 0. The van der Waals surface area contributed by atoms with Gasteiger partial charge >= 0.3 is 0 Å². The molecule has 0 fully saturated rings. The van der Waals surface area contributed by atoms with E-state index in [0.29, 0.717) is 0 Å². The van der Waals surface area contributed by atoms with E-state index in [0.717, 1.165) is 16.7 Å². The molecule has 98 valence electrons. The lowest BCUT2D eigenvalue weighted by Gasteiger charge is -2.13. The number of aliphatic hydroxyl groups excluding tert-OH is 1. The zero-order chi connectivity index (χ0) is 13.8. The zero-order valence-corrected chi connectivity index (χ0v) is 11.2. The summed E-state index contributed by atoms with van der Waals surface area (Å²) in [6.45, 7) is 0.0549. The molecule has 1 heteroatoms. The van der Waals surface area contributed by atoms with Crippen LogP contribution in [0.2, 0.25) is 0 Å². The van der Waals surface area contributed by atoms with Crippen LogP contribution in [0.25, 0.3) is 22.3 Å². The summed E-state index contributed by atoms with van der Waals surface area (Å²) in [6, 6.07) is 26.7. The largest absolute Gasteiger partial charge is 0.392 e. The van der Waals surface area contributed by atoms with Gasteiger partial charge in [0.1, 0.15) is 0 Å². The van der Waals surface area contributed by atoms with Crippen LogP contribution in [0.5, 0.6) is 0 Å². The lowest BCUT2D eigenvalue weighted by atomic mass is 9.92. The molecule has 0 aliphatic rings. The molecule has 0 atom stereocenters. The summed E-state index contributed by atoms with van der Waals surface area (Å²) in [5.74, 6) is 0. The lowest BCUT2D eigenvalue weighted by molar-refractivity contribution is 0.282. The molecule has 0 amide bonds. The molecule has 0 aliphatic heterocycles. The maximum absolute atomic E-state index is 9.54. The quantitative estimate of drug-likeness (QED) is 0.734. The van der Waals surface area contributed by atoms with Crippen molar-refractivity contribution in [3.05, 3.63) is 84.4 Å². The lowest BCUT2D eigenvalue weighted by Crippen LogP contribution is -1.91. The summed E-state index contributed by atoms with van der Waals surface area (Å²) >= 11 is 0. The molecular formula is C19H16O. The summed E-state index contributed by atoms with van der Waals surface area (Å²) < 4.78 is 0. The summed E-state index contributed by atoms with van der Waals surface area (Å²) in [7, 11) is 0. The summed E-state index contributed by atoms with van der Waals surface area (Å²) in [5, 5.41) is 9.54. The number of hydrogen-bond acceptors (Lipinski definition) is 1. The Bertz CT molecular complexity index is 702. The first-order chi connectivity index (χ1) is 9.90. The SMILES string of the molecule is OCc1ccccc1-c1ccccc1-c1ccccc1. The molecule has 1 nitrogen and oxygen atoms in total. The molecule has 0 aliphatic carbocycles. The highest BCUT2D eigenvalue weighted by Crippen LogP contribution is 2.33. The molecule has 20 heavy (non-hydrogen) atoms. The van der Waals surface area contributed by atoms with Gasteiger partial charge in [0.15, 0.2) is 0 Å². The minimum Gasteiger partial charge on any atom is -0.392 e. The second-order valence-corrected chi connectivity index (χ2v) is 4.73. The number of hydrogen-bond donors (Lipinski definition) is 1. The zero-order valence-electron chi connectivity index (χ0n) is 11.2. The van der Waals surface area contributed by atoms with Crippen LogP contribution in [0.3, 0.4) is 0 Å². The topological polar surface area (TPSA) is 20.2 Å². The molecular weight excluding hydrogens is 244 g/mol. The minimum atomic E-state index is 0.0549. The van der Waals surface area contributed by atoms with E-state index in [2.05, 4.69) is 30.3 Å². The van der Waals surface area contributed by atoms with Gasteiger partial charge in [0.2, 0.25) is 0 Å². The first kappa shape index (κ1) is 12.6. The van der Waals surface area contributed by atoms with Gasteiger partial charge in [-0.25, -0.2) is 0 Å². The van der Waals surface area contributed by atoms with Crippen molar-refractivity contribution in [2.45, 2.75) is 6.61 Å². The fourth-order valence-corrected chi connectivity index (χ4v) is 2.51. The van der Waals surface area contributed by atoms with Gasteiger partial charge < -0.3 is 5.11 Å². The average molecular weight is 260 g/mol. The minimum absolute atomic E-state index is 0.0549. The van der Waals surface area contributed by atoms with Crippen molar-refractivity contribution in [2.75, 3.05) is 0 Å². The van der Waals surface area contributed by atoms with Gasteiger partial charge in [0.25, 0.3) is 0 Å². The molecule has 0 saturated carbocycles. The van der Waals surface area contributed by atoms with Gasteiger partial charge in [-0.15, -0.1) is 0 Å². The van der Waals surface area contributed by atoms with Crippen LogP contribution in [-0.4, -0.2) is 5.11 Å². The maximum atomic E-state index is 9.54. The Morgan fingerprint density at radius 3 is 1.80 bits per heavy atom. The van der Waals surface area contributed by atoms with E-state index in [9.17, 15) is 5.11 Å². The highest BCUT2D eigenvalue weighted by atomic mass is 16.3. The van der Waals surface area contributed by atoms with Crippen LogP contribution in [0.1, 0.15) is 5.56 Å². The Balaban J connectivity index is 2.20. The Morgan fingerprint density at radius 2 is 1.10 bits per heavy atom. The third-order valence-electron chi connectivity index (χ3n) is 3.49. The van der Waals surface area contributed by atoms with Gasteiger partial charge in [-0.05, 0) is 27.8 Å². The molecule has 0 saturated heterocycles. The molecule has 0 heterocycles. The molecule has 0 aromatic heterocycles. The van der Waals surface area contributed by atoms with E-state index in [1.807, 2.05) is 48.5 Å². The number of rotatable bonds is 3. The second kappa shape index (κ2) is 5.72. The molecule has 3 rings (SSSR count). The predicted octanol–water partition coefficient (Wildman–Crippen LogP) is 4.51. The predicted molar refractivity (Wildman–Crippen MR) is 83.2 cm³/mol. The molecule has 0 bridgehead atoms. The van der Waals surface area contributed by atoms with Crippen LogP contribution >= 0.6 is 0 Å². The normalized spacial score (nSPS) is 10.4. The second-order valence-electron chi connectivity index (χ2n) is 4.73. The first-order valence-electron chi connectivity index (χ1n) is 6.74. The Labute approximate surface area is 119 Å².